The number of hydrogen-bond acceptors (Lipinski definition) is 6. The SMILES string of the molecule is CC(=O)CSc1nc(C)cc(N2CCN(C)CC2)n1. The Hall–Kier alpha value is -1.14. The summed E-state index contributed by atoms with van der Waals surface area (Å²) in [6.45, 7) is 7.65. The molecule has 0 aromatic carbocycles. The Balaban J connectivity index is 2.09. The zero-order chi connectivity index (χ0) is 13.8. The Morgan fingerprint density at radius 3 is 2.63 bits per heavy atom. The minimum absolute atomic E-state index is 0.149. The first kappa shape index (κ1) is 14.3. The quantitative estimate of drug-likeness (QED) is 0.610. The molecule has 0 amide bonds. The molecule has 2 rings (SSSR count). The summed E-state index contributed by atoms with van der Waals surface area (Å²) >= 11 is 1.41. The number of hydrogen-bond donors (Lipinski definition) is 0. The number of carbonyl (C=O) groups is 1. The number of carbonyl (C=O) groups excluding carboxylic acids is 1. The van der Waals surface area contributed by atoms with Crippen molar-refractivity contribution in [1.82, 2.24) is 14.9 Å². The molecular formula is C13H20N4OS. The number of ketones is 1. The molecule has 19 heavy (non-hydrogen) atoms. The first-order valence-electron chi connectivity index (χ1n) is 6.46. The van der Waals surface area contributed by atoms with E-state index in [2.05, 4.69) is 26.8 Å². The molecule has 1 aromatic heterocycles. The number of aromatic nitrogens is 2. The molecule has 1 aliphatic rings. The molecule has 104 valence electrons. The highest BCUT2D eigenvalue weighted by molar-refractivity contribution is 7.99. The third-order valence-corrected chi connectivity index (χ3v) is 4.04. The Morgan fingerprint density at radius 2 is 2.00 bits per heavy atom. The highest BCUT2D eigenvalue weighted by atomic mass is 32.2. The summed E-state index contributed by atoms with van der Waals surface area (Å²) in [5.74, 6) is 1.56. The lowest BCUT2D eigenvalue weighted by atomic mass is 10.3. The monoisotopic (exact) mass is 280 g/mol. The second-order valence-corrected chi connectivity index (χ2v) is 5.87. The van der Waals surface area contributed by atoms with Crippen molar-refractivity contribution in [3.63, 3.8) is 0 Å². The van der Waals surface area contributed by atoms with Crippen LogP contribution in [0.3, 0.4) is 0 Å². The van der Waals surface area contributed by atoms with E-state index in [-0.39, 0.29) is 5.78 Å². The van der Waals surface area contributed by atoms with E-state index in [0.717, 1.165) is 37.7 Å². The molecule has 0 spiro atoms. The highest BCUT2D eigenvalue weighted by Gasteiger charge is 2.16. The van der Waals surface area contributed by atoms with Crippen molar-refractivity contribution >= 4 is 23.4 Å². The van der Waals surface area contributed by atoms with Crippen molar-refractivity contribution in [3.8, 4) is 0 Å². The maximum absolute atomic E-state index is 11.0. The van der Waals surface area contributed by atoms with E-state index in [9.17, 15) is 4.79 Å². The summed E-state index contributed by atoms with van der Waals surface area (Å²) < 4.78 is 0. The van der Waals surface area contributed by atoms with Crippen LogP contribution in [0.1, 0.15) is 12.6 Å². The van der Waals surface area contributed by atoms with Gasteiger partial charge in [0.25, 0.3) is 0 Å². The van der Waals surface area contributed by atoms with Crippen LogP contribution in [0.25, 0.3) is 0 Å². The van der Waals surface area contributed by atoms with Gasteiger partial charge in [0.05, 0.1) is 5.75 Å². The molecule has 5 nitrogen and oxygen atoms in total. The lowest BCUT2D eigenvalue weighted by Gasteiger charge is -2.33. The van der Waals surface area contributed by atoms with Crippen molar-refractivity contribution in [3.05, 3.63) is 11.8 Å². The lowest BCUT2D eigenvalue weighted by Crippen LogP contribution is -2.44. The minimum Gasteiger partial charge on any atom is -0.354 e. The minimum atomic E-state index is 0.149. The third kappa shape index (κ3) is 4.18. The van der Waals surface area contributed by atoms with Crippen LogP contribution in [0.5, 0.6) is 0 Å². The number of rotatable bonds is 4. The normalized spacial score (nSPS) is 16.7. The summed E-state index contributed by atoms with van der Waals surface area (Å²) in [7, 11) is 2.14. The van der Waals surface area contributed by atoms with Gasteiger partial charge in [-0.3, -0.25) is 4.79 Å². The number of nitrogens with zero attached hydrogens (tertiary/aromatic N) is 4. The molecule has 1 aliphatic heterocycles. The third-order valence-electron chi connectivity index (χ3n) is 3.05. The fourth-order valence-electron chi connectivity index (χ4n) is 1.95. The molecule has 1 aromatic rings. The van der Waals surface area contributed by atoms with Crippen LogP contribution in [0.2, 0.25) is 0 Å². The molecule has 0 aliphatic carbocycles. The predicted octanol–water partition coefficient (Wildman–Crippen LogP) is 1.22. The van der Waals surface area contributed by atoms with Gasteiger partial charge < -0.3 is 9.80 Å². The van der Waals surface area contributed by atoms with E-state index < -0.39 is 0 Å². The Morgan fingerprint density at radius 1 is 1.32 bits per heavy atom. The van der Waals surface area contributed by atoms with Gasteiger partial charge in [0.1, 0.15) is 11.6 Å². The summed E-state index contributed by atoms with van der Waals surface area (Å²) in [5, 5.41) is 0.698. The van der Waals surface area contributed by atoms with Crippen molar-refractivity contribution in [2.24, 2.45) is 0 Å². The first-order valence-corrected chi connectivity index (χ1v) is 7.44. The van der Waals surface area contributed by atoms with E-state index in [1.165, 1.54) is 11.8 Å². The van der Waals surface area contributed by atoms with Crippen molar-refractivity contribution in [2.75, 3.05) is 43.9 Å². The van der Waals surface area contributed by atoms with Crippen molar-refractivity contribution in [1.29, 1.82) is 0 Å². The van der Waals surface area contributed by atoms with Crippen LogP contribution in [0, 0.1) is 6.92 Å². The first-order chi connectivity index (χ1) is 9.04. The van der Waals surface area contributed by atoms with Crippen LogP contribution < -0.4 is 4.90 Å². The zero-order valence-electron chi connectivity index (χ0n) is 11.7. The summed E-state index contributed by atoms with van der Waals surface area (Å²) in [6, 6.07) is 2.02. The van der Waals surface area contributed by atoms with Gasteiger partial charge in [-0.2, -0.15) is 0 Å². The van der Waals surface area contributed by atoms with Gasteiger partial charge in [-0.1, -0.05) is 11.8 Å². The van der Waals surface area contributed by atoms with Crippen molar-refractivity contribution < 1.29 is 4.79 Å². The number of likely N-dealkylation sites (N-methyl/N-ethyl adjacent to an activating group) is 1. The Bertz CT molecular complexity index is 458. The zero-order valence-corrected chi connectivity index (χ0v) is 12.5. The van der Waals surface area contributed by atoms with Gasteiger partial charge in [-0.15, -0.1) is 0 Å². The molecule has 0 atom stereocenters. The summed E-state index contributed by atoms with van der Waals surface area (Å²) in [4.78, 5) is 24.6. The largest absolute Gasteiger partial charge is 0.354 e. The molecule has 2 heterocycles. The Kier molecular flexibility index (Phi) is 4.76. The second kappa shape index (κ2) is 6.34. The van der Waals surface area contributed by atoms with Gasteiger partial charge in [0.2, 0.25) is 0 Å². The average Bonchev–Trinajstić information content (AvgIpc) is 2.36. The molecule has 6 heteroatoms. The van der Waals surface area contributed by atoms with Gasteiger partial charge in [0.15, 0.2) is 5.16 Å². The van der Waals surface area contributed by atoms with E-state index >= 15 is 0 Å². The molecule has 0 radical (unpaired) electrons. The number of Topliss-reactive ketones (excluding diaryl/α,β-unsaturated/α-hetero) is 1. The van der Waals surface area contributed by atoms with Gasteiger partial charge in [0, 0.05) is 37.9 Å². The number of thioether (sulfide) groups is 1. The van der Waals surface area contributed by atoms with Crippen molar-refractivity contribution in [2.45, 2.75) is 19.0 Å². The van der Waals surface area contributed by atoms with E-state index in [1.54, 1.807) is 6.92 Å². The van der Waals surface area contributed by atoms with E-state index in [1.807, 2.05) is 13.0 Å². The molecule has 1 saturated heterocycles. The Labute approximate surface area is 118 Å². The molecule has 1 fully saturated rings. The standard InChI is InChI=1S/C13H20N4OS/c1-10-8-12(17-6-4-16(3)5-7-17)15-13(14-10)19-9-11(2)18/h8H,4-7,9H2,1-3H3. The molecule has 0 unspecified atom stereocenters. The number of piperazine rings is 1. The predicted molar refractivity (Wildman–Crippen MR) is 77.9 cm³/mol. The lowest BCUT2D eigenvalue weighted by molar-refractivity contribution is -0.114. The van der Waals surface area contributed by atoms with Gasteiger partial charge in [-0.05, 0) is 20.9 Å². The smallest absolute Gasteiger partial charge is 0.190 e. The molecule has 0 saturated carbocycles. The maximum atomic E-state index is 11.0. The number of aryl methyl sites for hydroxylation is 1. The fraction of sp³-hybridized carbons (Fsp3) is 0.615. The topological polar surface area (TPSA) is 49.3 Å². The van der Waals surface area contributed by atoms with E-state index in [4.69, 9.17) is 0 Å². The van der Waals surface area contributed by atoms with Crippen LogP contribution in [0.15, 0.2) is 11.2 Å². The van der Waals surface area contributed by atoms with Crippen LogP contribution in [0.4, 0.5) is 5.82 Å². The van der Waals surface area contributed by atoms with Gasteiger partial charge in [-0.25, -0.2) is 9.97 Å². The van der Waals surface area contributed by atoms with Gasteiger partial charge >= 0.3 is 0 Å². The highest BCUT2D eigenvalue weighted by Crippen LogP contribution is 2.20. The van der Waals surface area contributed by atoms with E-state index in [0.29, 0.717) is 10.9 Å². The molecule has 0 bridgehead atoms. The average molecular weight is 280 g/mol. The second-order valence-electron chi connectivity index (χ2n) is 4.93. The summed E-state index contributed by atoms with van der Waals surface area (Å²) in [5.41, 5.74) is 0.954. The van der Waals surface area contributed by atoms with Crippen LogP contribution in [-0.4, -0.2) is 59.6 Å². The molecule has 0 N–H and O–H groups in total. The van der Waals surface area contributed by atoms with Crippen LogP contribution in [-0.2, 0) is 4.79 Å². The number of anilines is 1. The summed E-state index contributed by atoms with van der Waals surface area (Å²) in [6.07, 6.45) is 0. The maximum Gasteiger partial charge on any atom is 0.190 e. The van der Waals surface area contributed by atoms with Crippen LogP contribution >= 0.6 is 11.8 Å². The fourth-order valence-corrected chi connectivity index (χ4v) is 2.65. The molecular weight excluding hydrogens is 260 g/mol.